The van der Waals surface area contributed by atoms with Crippen LogP contribution in [0.1, 0.15) is 18.5 Å². The largest absolute Gasteiger partial charge is 0.380 e. The number of nitrogens with zero attached hydrogens (tertiary/aromatic N) is 1. The first-order valence-corrected chi connectivity index (χ1v) is 5.21. The van der Waals surface area contributed by atoms with Crippen molar-refractivity contribution in [3.8, 4) is 0 Å². The van der Waals surface area contributed by atoms with Crippen LogP contribution in [0.2, 0.25) is 0 Å². The fourth-order valence-corrected chi connectivity index (χ4v) is 1.28. The molecule has 0 atom stereocenters. The van der Waals surface area contributed by atoms with Crippen molar-refractivity contribution in [1.29, 1.82) is 0 Å². The van der Waals surface area contributed by atoms with Crippen molar-refractivity contribution < 1.29 is 4.74 Å². The standard InChI is InChI=1S/C10H17N3O/c1-2-9(1)7-14-4-3-11-5-10-6-12-8-13-10/h6,8-9,11H,1-5,7H2,(H,12,13). The predicted molar refractivity (Wildman–Crippen MR) is 53.8 cm³/mol. The van der Waals surface area contributed by atoms with Gasteiger partial charge >= 0.3 is 0 Å². The number of hydrogen-bond donors (Lipinski definition) is 2. The summed E-state index contributed by atoms with van der Waals surface area (Å²) >= 11 is 0. The van der Waals surface area contributed by atoms with Gasteiger partial charge in [0, 0.05) is 31.6 Å². The number of H-pyrrole nitrogens is 1. The van der Waals surface area contributed by atoms with E-state index in [4.69, 9.17) is 4.74 Å². The van der Waals surface area contributed by atoms with Crippen molar-refractivity contribution in [3.05, 3.63) is 18.2 Å². The Morgan fingerprint density at radius 3 is 3.21 bits per heavy atom. The minimum Gasteiger partial charge on any atom is -0.380 e. The lowest BCUT2D eigenvalue weighted by molar-refractivity contribution is 0.126. The number of nitrogens with one attached hydrogen (secondary N) is 2. The molecule has 1 saturated carbocycles. The highest BCUT2D eigenvalue weighted by Crippen LogP contribution is 2.28. The van der Waals surface area contributed by atoms with Crippen LogP contribution in [0.3, 0.4) is 0 Å². The fraction of sp³-hybridized carbons (Fsp3) is 0.700. The first-order valence-electron chi connectivity index (χ1n) is 5.21. The Kier molecular flexibility index (Phi) is 3.54. The molecule has 1 aliphatic carbocycles. The van der Waals surface area contributed by atoms with Crippen LogP contribution in [0.15, 0.2) is 12.5 Å². The van der Waals surface area contributed by atoms with E-state index in [0.29, 0.717) is 0 Å². The van der Waals surface area contributed by atoms with Crippen molar-refractivity contribution in [2.24, 2.45) is 5.92 Å². The van der Waals surface area contributed by atoms with E-state index in [1.165, 1.54) is 12.8 Å². The highest BCUT2D eigenvalue weighted by Gasteiger charge is 2.20. The molecule has 2 N–H and O–H groups in total. The molecule has 4 heteroatoms. The van der Waals surface area contributed by atoms with Crippen LogP contribution in [0.25, 0.3) is 0 Å². The summed E-state index contributed by atoms with van der Waals surface area (Å²) in [6.45, 7) is 3.51. The summed E-state index contributed by atoms with van der Waals surface area (Å²) in [5, 5.41) is 3.29. The third-order valence-electron chi connectivity index (χ3n) is 2.34. The lowest BCUT2D eigenvalue weighted by atomic mass is 10.4. The quantitative estimate of drug-likeness (QED) is 0.636. The molecule has 1 aromatic heterocycles. The van der Waals surface area contributed by atoms with Crippen LogP contribution in [0, 0.1) is 5.92 Å². The zero-order valence-corrected chi connectivity index (χ0v) is 8.33. The number of aromatic nitrogens is 2. The summed E-state index contributed by atoms with van der Waals surface area (Å²) in [6, 6.07) is 0. The third kappa shape index (κ3) is 3.47. The number of imidazole rings is 1. The van der Waals surface area contributed by atoms with E-state index < -0.39 is 0 Å². The van der Waals surface area contributed by atoms with Gasteiger partial charge in [0.05, 0.1) is 12.9 Å². The molecule has 0 saturated heterocycles. The van der Waals surface area contributed by atoms with Gasteiger partial charge in [0.1, 0.15) is 0 Å². The number of ether oxygens (including phenoxy) is 1. The van der Waals surface area contributed by atoms with Crippen LogP contribution in [-0.2, 0) is 11.3 Å². The average molecular weight is 195 g/mol. The average Bonchev–Trinajstić information content (AvgIpc) is 2.87. The molecule has 1 heterocycles. The van der Waals surface area contributed by atoms with Gasteiger partial charge in [0.25, 0.3) is 0 Å². The molecule has 0 aromatic carbocycles. The van der Waals surface area contributed by atoms with Crippen LogP contribution < -0.4 is 5.32 Å². The number of aromatic amines is 1. The van der Waals surface area contributed by atoms with Crippen LogP contribution in [0.5, 0.6) is 0 Å². The molecular formula is C10H17N3O. The monoisotopic (exact) mass is 195 g/mol. The molecule has 0 bridgehead atoms. The van der Waals surface area contributed by atoms with Crippen molar-refractivity contribution in [2.45, 2.75) is 19.4 Å². The molecule has 14 heavy (non-hydrogen) atoms. The summed E-state index contributed by atoms with van der Waals surface area (Å²) in [6.07, 6.45) is 6.25. The smallest absolute Gasteiger partial charge is 0.0922 e. The maximum Gasteiger partial charge on any atom is 0.0922 e. The predicted octanol–water partition coefficient (Wildman–Crippen LogP) is 0.926. The van der Waals surface area contributed by atoms with Gasteiger partial charge in [-0.2, -0.15) is 0 Å². The van der Waals surface area contributed by atoms with E-state index in [-0.39, 0.29) is 0 Å². The molecule has 78 valence electrons. The minimum absolute atomic E-state index is 0.810. The first-order chi connectivity index (χ1) is 6.95. The molecule has 0 spiro atoms. The summed E-state index contributed by atoms with van der Waals surface area (Å²) in [4.78, 5) is 6.98. The molecule has 2 rings (SSSR count). The van der Waals surface area contributed by atoms with E-state index in [1.807, 2.05) is 6.20 Å². The zero-order chi connectivity index (χ0) is 9.64. The van der Waals surface area contributed by atoms with E-state index in [9.17, 15) is 0 Å². The summed E-state index contributed by atoms with van der Waals surface area (Å²) in [5.74, 6) is 0.864. The second-order valence-electron chi connectivity index (χ2n) is 3.77. The van der Waals surface area contributed by atoms with E-state index >= 15 is 0 Å². The van der Waals surface area contributed by atoms with Crippen molar-refractivity contribution in [3.63, 3.8) is 0 Å². The van der Waals surface area contributed by atoms with Gasteiger partial charge in [-0.05, 0) is 18.8 Å². The lowest BCUT2D eigenvalue weighted by Gasteiger charge is -2.04. The summed E-state index contributed by atoms with van der Waals surface area (Å²) in [7, 11) is 0. The van der Waals surface area contributed by atoms with Gasteiger partial charge in [-0.25, -0.2) is 4.98 Å². The van der Waals surface area contributed by atoms with Crippen LogP contribution in [0.4, 0.5) is 0 Å². The lowest BCUT2D eigenvalue weighted by Crippen LogP contribution is -2.19. The van der Waals surface area contributed by atoms with E-state index in [2.05, 4.69) is 15.3 Å². The second kappa shape index (κ2) is 5.12. The molecule has 1 fully saturated rings. The Hall–Kier alpha value is -0.870. The fourth-order valence-electron chi connectivity index (χ4n) is 1.28. The number of hydrogen-bond acceptors (Lipinski definition) is 3. The van der Waals surface area contributed by atoms with Gasteiger partial charge in [0.2, 0.25) is 0 Å². The molecule has 0 unspecified atom stereocenters. The molecule has 1 aromatic rings. The first kappa shape index (κ1) is 9.68. The van der Waals surface area contributed by atoms with Crippen LogP contribution >= 0.6 is 0 Å². The zero-order valence-electron chi connectivity index (χ0n) is 8.33. The molecular weight excluding hydrogens is 178 g/mol. The highest BCUT2D eigenvalue weighted by molar-refractivity contribution is 4.92. The van der Waals surface area contributed by atoms with Crippen LogP contribution in [-0.4, -0.2) is 29.7 Å². The highest BCUT2D eigenvalue weighted by atomic mass is 16.5. The van der Waals surface area contributed by atoms with Gasteiger partial charge in [0.15, 0.2) is 0 Å². The SMILES string of the molecule is c1ncc(CNCCOCC2CC2)[nH]1. The van der Waals surface area contributed by atoms with Crippen molar-refractivity contribution >= 4 is 0 Å². The van der Waals surface area contributed by atoms with Crippen molar-refractivity contribution in [1.82, 2.24) is 15.3 Å². The van der Waals surface area contributed by atoms with Gasteiger partial charge in [-0.3, -0.25) is 0 Å². The van der Waals surface area contributed by atoms with Gasteiger partial charge < -0.3 is 15.0 Å². The second-order valence-corrected chi connectivity index (χ2v) is 3.77. The molecule has 1 aliphatic rings. The molecule has 4 nitrogen and oxygen atoms in total. The summed E-state index contributed by atoms with van der Waals surface area (Å²) < 4.78 is 5.49. The van der Waals surface area contributed by atoms with Gasteiger partial charge in [-0.15, -0.1) is 0 Å². The Labute approximate surface area is 84.1 Å². The normalized spacial score (nSPS) is 16.0. The van der Waals surface area contributed by atoms with E-state index in [0.717, 1.165) is 37.9 Å². The maximum absolute atomic E-state index is 5.49. The van der Waals surface area contributed by atoms with E-state index in [1.54, 1.807) is 6.33 Å². The molecule has 0 amide bonds. The Morgan fingerprint density at radius 1 is 1.57 bits per heavy atom. The molecule has 0 radical (unpaired) electrons. The van der Waals surface area contributed by atoms with Crippen molar-refractivity contribution in [2.75, 3.05) is 19.8 Å². The Balaban J connectivity index is 1.43. The topological polar surface area (TPSA) is 49.9 Å². The third-order valence-corrected chi connectivity index (χ3v) is 2.34. The number of rotatable bonds is 7. The Bertz CT molecular complexity index is 244. The maximum atomic E-state index is 5.49. The Morgan fingerprint density at radius 2 is 2.50 bits per heavy atom. The van der Waals surface area contributed by atoms with Gasteiger partial charge in [-0.1, -0.05) is 0 Å². The molecule has 0 aliphatic heterocycles. The minimum atomic E-state index is 0.810. The summed E-state index contributed by atoms with van der Waals surface area (Å²) in [5.41, 5.74) is 1.12.